The number of alkyl halides is 3. The molecule has 9 heteroatoms. The standard InChI is InChI=1S/C6H6ClF3N2O2S/c7-15(13,14)5-3-12(4-11-5)2-1-6(8,9)10/h3-4H,1-2H2. The van der Waals surface area contributed by atoms with Crippen LogP contribution < -0.4 is 0 Å². The molecule has 0 radical (unpaired) electrons. The van der Waals surface area contributed by atoms with Gasteiger partial charge in [0.25, 0.3) is 9.05 Å². The van der Waals surface area contributed by atoms with E-state index < -0.39 is 26.7 Å². The molecular formula is C6H6ClF3N2O2S. The molecule has 0 aliphatic heterocycles. The second kappa shape index (κ2) is 4.01. The van der Waals surface area contributed by atoms with Crippen LogP contribution in [0.4, 0.5) is 13.2 Å². The first kappa shape index (κ1) is 12.3. The number of halogens is 4. The van der Waals surface area contributed by atoms with Gasteiger partial charge < -0.3 is 4.57 Å². The summed E-state index contributed by atoms with van der Waals surface area (Å²) in [7, 11) is 0.959. The van der Waals surface area contributed by atoms with Crippen molar-refractivity contribution in [3.05, 3.63) is 12.5 Å². The quantitative estimate of drug-likeness (QED) is 0.780. The molecular weight excluding hydrogens is 257 g/mol. The van der Waals surface area contributed by atoms with Gasteiger partial charge in [0.15, 0.2) is 5.03 Å². The van der Waals surface area contributed by atoms with E-state index in [0.717, 1.165) is 17.1 Å². The van der Waals surface area contributed by atoms with Gasteiger partial charge in [-0.2, -0.15) is 13.2 Å². The Morgan fingerprint density at radius 1 is 1.47 bits per heavy atom. The van der Waals surface area contributed by atoms with Crippen molar-refractivity contribution in [3.63, 3.8) is 0 Å². The summed E-state index contributed by atoms with van der Waals surface area (Å²) in [5.41, 5.74) is 0. The third kappa shape index (κ3) is 4.08. The zero-order chi connectivity index (χ0) is 11.7. The second-order valence-corrected chi connectivity index (χ2v) is 5.27. The van der Waals surface area contributed by atoms with Crippen LogP contribution in [-0.4, -0.2) is 24.1 Å². The molecule has 0 aromatic carbocycles. The van der Waals surface area contributed by atoms with E-state index in [-0.39, 0.29) is 6.54 Å². The molecule has 0 atom stereocenters. The second-order valence-electron chi connectivity index (χ2n) is 2.75. The van der Waals surface area contributed by atoms with Gasteiger partial charge in [0.1, 0.15) is 0 Å². The smallest absolute Gasteiger partial charge is 0.336 e. The number of rotatable bonds is 3. The summed E-state index contributed by atoms with van der Waals surface area (Å²) < 4.78 is 57.9. The first-order chi connectivity index (χ1) is 6.68. The Labute approximate surface area is 88.1 Å². The molecule has 0 amide bonds. The average Bonchev–Trinajstić information content (AvgIpc) is 2.45. The van der Waals surface area contributed by atoms with Gasteiger partial charge in [0, 0.05) is 23.4 Å². The van der Waals surface area contributed by atoms with E-state index in [1.807, 2.05) is 0 Å². The molecule has 0 aliphatic carbocycles. The molecule has 1 rings (SSSR count). The van der Waals surface area contributed by atoms with Crippen LogP contribution in [-0.2, 0) is 15.6 Å². The number of hydrogen-bond acceptors (Lipinski definition) is 3. The maximum atomic E-state index is 11.8. The predicted octanol–water partition coefficient (Wildman–Crippen LogP) is 1.76. The zero-order valence-electron chi connectivity index (χ0n) is 7.20. The van der Waals surface area contributed by atoms with Crippen molar-refractivity contribution in [2.24, 2.45) is 0 Å². The lowest BCUT2D eigenvalue weighted by molar-refractivity contribution is -0.136. The van der Waals surface area contributed by atoms with Gasteiger partial charge in [0.05, 0.1) is 12.7 Å². The molecule has 15 heavy (non-hydrogen) atoms. The van der Waals surface area contributed by atoms with Crippen LogP contribution in [0.15, 0.2) is 17.6 Å². The number of aryl methyl sites for hydroxylation is 1. The fraction of sp³-hybridized carbons (Fsp3) is 0.500. The normalized spacial score (nSPS) is 13.1. The number of imidazole rings is 1. The summed E-state index contributed by atoms with van der Waals surface area (Å²) in [6, 6.07) is 0. The van der Waals surface area contributed by atoms with Crippen molar-refractivity contribution in [3.8, 4) is 0 Å². The fourth-order valence-corrected chi connectivity index (χ4v) is 1.52. The Balaban J connectivity index is 2.70. The summed E-state index contributed by atoms with van der Waals surface area (Å²) in [4.78, 5) is 3.36. The Morgan fingerprint density at radius 3 is 2.47 bits per heavy atom. The Morgan fingerprint density at radius 2 is 2.07 bits per heavy atom. The molecule has 4 nitrogen and oxygen atoms in total. The van der Waals surface area contributed by atoms with E-state index in [9.17, 15) is 21.6 Å². The molecule has 0 saturated carbocycles. The highest BCUT2D eigenvalue weighted by Crippen LogP contribution is 2.20. The van der Waals surface area contributed by atoms with Crippen LogP contribution in [0, 0.1) is 0 Å². The highest BCUT2D eigenvalue weighted by molar-refractivity contribution is 8.13. The molecule has 0 unspecified atom stereocenters. The number of aromatic nitrogens is 2. The summed E-state index contributed by atoms with van der Waals surface area (Å²) in [6.07, 6.45) is -3.40. The van der Waals surface area contributed by atoms with Crippen LogP contribution in [0.25, 0.3) is 0 Å². The van der Waals surface area contributed by atoms with Crippen molar-refractivity contribution in [2.75, 3.05) is 0 Å². The molecule has 0 aliphatic rings. The minimum Gasteiger partial charge on any atom is -0.336 e. The van der Waals surface area contributed by atoms with E-state index in [0.29, 0.717) is 0 Å². The molecule has 0 spiro atoms. The van der Waals surface area contributed by atoms with E-state index in [1.54, 1.807) is 0 Å². The SMILES string of the molecule is O=S(=O)(Cl)c1cn(CCC(F)(F)F)cn1. The predicted molar refractivity (Wildman–Crippen MR) is 45.9 cm³/mol. The van der Waals surface area contributed by atoms with E-state index in [2.05, 4.69) is 4.98 Å². The van der Waals surface area contributed by atoms with Gasteiger partial charge >= 0.3 is 6.18 Å². The highest BCUT2D eigenvalue weighted by Gasteiger charge is 2.26. The van der Waals surface area contributed by atoms with E-state index in [1.165, 1.54) is 0 Å². The maximum absolute atomic E-state index is 11.8. The van der Waals surface area contributed by atoms with Crippen LogP contribution in [0.1, 0.15) is 6.42 Å². The summed E-state index contributed by atoms with van der Waals surface area (Å²) >= 11 is 0. The fourth-order valence-electron chi connectivity index (χ4n) is 0.844. The number of nitrogens with zero attached hydrogens (tertiary/aromatic N) is 2. The monoisotopic (exact) mass is 262 g/mol. The lowest BCUT2D eigenvalue weighted by Gasteiger charge is -2.05. The highest BCUT2D eigenvalue weighted by atomic mass is 35.7. The van der Waals surface area contributed by atoms with Gasteiger partial charge in [-0.25, -0.2) is 13.4 Å². The molecule has 1 heterocycles. The van der Waals surface area contributed by atoms with Crippen molar-refractivity contribution in [1.82, 2.24) is 9.55 Å². The van der Waals surface area contributed by atoms with Gasteiger partial charge in [-0.3, -0.25) is 0 Å². The van der Waals surface area contributed by atoms with Gasteiger partial charge in [-0.15, -0.1) is 0 Å². The lowest BCUT2D eigenvalue weighted by Crippen LogP contribution is -2.11. The summed E-state index contributed by atoms with van der Waals surface area (Å²) in [6.45, 7) is -0.386. The molecule has 0 bridgehead atoms. The van der Waals surface area contributed by atoms with Gasteiger partial charge in [-0.05, 0) is 0 Å². The lowest BCUT2D eigenvalue weighted by atomic mass is 10.4. The van der Waals surface area contributed by atoms with Gasteiger partial charge in [0.2, 0.25) is 0 Å². The third-order valence-electron chi connectivity index (χ3n) is 1.51. The first-order valence-corrected chi connectivity index (χ1v) is 6.02. The summed E-state index contributed by atoms with van der Waals surface area (Å²) in [5, 5.41) is -0.452. The van der Waals surface area contributed by atoms with Crippen molar-refractivity contribution in [2.45, 2.75) is 24.2 Å². The Hall–Kier alpha value is -0.760. The van der Waals surface area contributed by atoms with Crippen molar-refractivity contribution in [1.29, 1.82) is 0 Å². The molecule has 0 fully saturated rings. The molecule has 1 aromatic rings. The van der Waals surface area contributed by atoms with E-state index >= 15 is 0 Å². The van der Waals surface area contributed by atoms with Crippen LogP contribution >= 0.6 is 10.7 Å². The topological polar surface area (TPSA) is 52.0 Å². The minimum atomic E-state index is -4.29. The van der Waals surface area contributed by atoms with Crippen molar-refractivity contribution < 1.29 is 21.6 Å². The van der Waals surface area contributed by atoms with Gasteiger partial charge in [-0.1, -0.05) is 0 Å². The van der Waals surface area contributed by atoms with E-state index in [4.69, 9.17) is 10.7 Å². The number of hydrogen-bond donors (Lipinski definition) is 0. The average molecular weight is 263 g/mol. The Kier molecular flexibility index (Phi) is 3.29. The largest absolute Gasteiger partial charge is 0.390 e. The zero-order valence-corrected chi connectivity index (χ0v) is 8.77. The summed E-state index contributed by atoms with van der Waals surface area (Å²) in [5.74, 6) is 0. The molecule has 0 N–H and O–H groups in total. The third-order valence-corrected chi connectivity index (χ3v) is 2.70. The maximum Gasteiger partial charge on any atom is 0.390 e. The Bertz CT molecular complexity index is 439. The van der Waals surface area contributed by atoms with Crippen LogP contribution in [0.2, 0.25) is 0 Å². The molecule has 86 valence electrons. The van der Waals surface area contributed by atoms with Crippen LogP contribution in [0.3, 0.4) is 0 Å². The molecule has 0 saturated heterocycles. The molecule has 1 aromatic heterocycles. The van der Waals surface area contributed by atoms with Crippen LogP contribution in [0.5, 0.6) is 0 Å². The minimum absolute atomic E-state index is 0.386. The van der Waals surface area contributed by atoms with Crippen molar-refractivity contribution >= 4 is 19.7 Å². The first-order valence-electron chi connectivity index (χ1n) is 3.72.